The summed E-state index contributed by atoms with van der Waals surface area (Å²) in [5.74, 6) is -1.60. The normalized spacial score (nSPS) is 11.5. The number of amides is 1. The van der Waals surface area contributed by atoms with Crippen molar-refractivity contribution in [3.63, 3.8) is 0 Å². The highest BCUT2D eigenvalue weighted by molar-refractivity contribution is 6.05. The van der Waals surface area contributed by atoms with Crippen molar-refractivity contribution in [1.82, 2.24) is 4.57 Å². The number of aliphatic carboxylic acids is 1. The van der Waals surface area contributed by atoms with E-state index in [1.54, 1.807) is 0 Å². The molecule has 4 aromatic carbocycles. The number of rotatable bonds is 11. The molecule has 5 aromatic rings. The first kappa shape index (κ1) is 28.4. The first-order valence-corrected chi connectivity index (χ1v) is 13.7. The van der Waals surface area contributed by atoms with Gasteiger partial charge in [-0.1, -0.05) is 66.7 Å². The molecule has 0 radical (unpaired) electrons. The number of aromatic nitrogens is 1. The SMILES string of the molecule is CC(=CC(=O)Nc1cc(F)ccc1OCCCC(=O)O)c1ccc2c(ccn2C(c2ccccc2)c2ccccc2)c1. The van der Waals surface area contributed by atoms with Crippen LogP contribution in [-0.4, -0.2) is 28.2 Å². The summed E-state index contributed by atoms with van der Waals surface area (Å²) in [6.07, 6.45) is 3.80. The minimum absolute atomic E-state index is 0.00461. The maximum absolute atomic E-state index is 13.9. The molecule has 0 atom stereocenters. The van der Waals surface area contributed by atoms with E-state index < -0.39 is 17.7 Å². The number of allylic oxidation sites excluding steroid dienone is 1. The maximum atomic E-state index is 13.9. The van der Waals surface area contributed by atoms with Crippen LogP contribution in [0, 0.1) is 5.82 Å². The molecule has 7 heteroatoms. The van der Waals surface area contributed by atoms with Gasteiger partial charge in [0.1, 0.15) is 11.6 Å². The molecule has 0 aliphatic rings. The lowest BCUT2D eigenvalue weighted by atomic mass is 9.98. The van der Waals surface area contributed by atoms with Crippen molar-refractivity contribution >= 4 is 34.0 Å². The summed E-state index contributed by atoms with van der Waals surface area (Å²) in [5, 5.41) is 12.5. The van der Waals surface area contributed by atoms with Crippen LogP contribution in [0.1, 0.15) is 42.5 Å². The average molecular weight is 563 g/mol. The van der Waals surface area contributed by atoms with Crippen molar-refractivity contribution in [3.8, 4) is 5.75 Å². The molecule has 0 spiro atoms. The monoisotopic (exact) mass is 562 g/mol. The number of hydrogen-bond donors (Lipinski definition) is 2. The highest BCUT2D eigenvalue weighted by Gasteiger charge is 2.18. The van der Waals surface area contributed by atoms with Gasteiger partial charge in [-0.25, -0.2) is 4.39 Å². The third-order valence-electron chi connectivity index (χ3n) is 7.02. The van der Waals surface area contributed by atoms with Gasteiger partial charge >= 0.3 is 5.97 Å². The van der Waals surface area contributed by atoms with E-state index in [2.05, 4.69) is 58.5 Å². The zero-order valence-corrected chi connectivity index (χ0v) is 23.2. The third-order valence-corrected chi connectivity index (χ3v) is 7.02. The molecular weight excluding hydrogens is 531 g/mol. The number of carbonyl (C=O) groups is 2. The molecule has 212 valence electrons. The number of nitrogens with one attached hydrogen (secondary N) is 1. The topological polar surface area (TPSA) is 80.6 Å². The molecule has 42 heavy (non-hydrogen) atoms. The number of ether oxygens (including phenoxy) is 1. The van der Waals surface area contributed by atoms with Crippen molar-refractivity contribution in [3.05, 3.63) is 138 Å². The Morgan fingerprint density at radius 1 is 0.929 bits per heavy atom. The molecule has 0 bridgehead atoms. The Labute approximate surface area is 243 Å². The Hall–Kier alpha value is -5.17. The first-order valence-electron chi connectivity index (χ1n) is 13.7. The van der Waals surface area contributed by atoms with Gasteiger partial charge in [0.15, 0.2) is 0 Å². The van der Waals surface area contributed by atoms with Crippen LogP contribution in [0.3, 0.4) is 0 Å². The lowest BCUT2D eigenvalue weighted by molar-refractivity contribution is -0.137. The van der Waals surface area contributed by atoms with Crippen LogP contribution >= 0.6 is 0 Å². The zero-order chi connectivity index (χ0) is 29.5. The highest BCUT2D eigenvalue weighted by atomic mass is 19.1. The van der Waals surface area contributed by atoms with Gasteiger partial charge in [-0.2, -0.15) is 0 Å². The minimum atomic E-state index is -0.922. The van der Waals surface area contributed by atoms with E-state index in [0.717, 1.165) is 22.0 Å². The largest absolute Gasteiger partial charge is 0.491 e. The number of fused-ring (bicyclic) bond motifs is 1. The number of halogens is 1. The number of carbonyl (C=O) groups excluding carboxylic acids is 1. The molecule has 1 aromatic heterocycles. The summed E-state index contributed by atoms with van der Waals surface area (Å²) in [6, 6.07) is 32.8. The second-order valence-electron chi connectivity index (χ2n) is 10.0. The van der Waals surface area contributed by atoms with Crippen molar-refractivity contribution in [2.75, 3.05) is 11.9 Å². The summed E-state index contributed by atoms with van der Waals surface area (Å²) in [4.78, 5) is 23.6. The van der Waals surface area contributed by atoms with Crippen LogP contribution in [0.2, 0.25) is 0 Å². The quantitative estimate of drug-likeness (QED) is 0.128. The molecule has 1 amide bonds. The number of carboxylic acids is 1. The molecule has 0 aliphatic heterocycles. The fourth-order valence-corrected chi connectivity index (χ4v) is 5.00. The minimum Gasteiger partial charge on any atom is -0.491 e. The van der Waals surface area contributed by atoms with Gasteiger partial charge in [0, 0.05) is 35.7 Å². The predicted molar refractivity (Wildman–Crippen MR) is 163 cm³/mol. The Kier molecular flexibility index (Phi) is 8.78. The molecule has 0 saturated heterocycles. The van der Waals surface area contributed by atoms with E-state index in [-0.39, 0.29) is 30.5 Å². The predicted octanol–water partition coefficient (Wildman–Crippen LogP) is 7.70. The van der Waals surface area contributed by atoms with Gasteiger partial charge in [0.2, 0.25) is 5.91 Å². The highest BCUT2D eigenvalue weighted by Crippen LogP contribution is 2.32. The molecule has 1 heterocycles. The third kappa shape index (κ3) is 6.75. The molecule has 2 N–H and O–H groups in total. The van der Waals surface area contributed by atoms with Crippen molar-refractivity contribution in [2.45, 2.75) is 25.8 Å². The fourth-order valence-electron chi connectivity index (χ4n) is 5.00. The van der Waals surface area contributed by atoms with Crippen LogP contribution in [0.4, 0.5) is 10.1 Å². The number of anilines is 1. The van der Waals surface area contributed by atoms with E-state index in [0.29, 0.717) is 6.42 Å². The molecule has 0 saturated carbocycles. The summed E-state index contributed by atoms with van der Waals surface area (Å²) in [6.45, 7) is 1.98. The van der Waals surface area contributed by atoms with Gasteiger partial charge in [-0.05, 0) is 65.9 Å². The van der Waals surface area contributed by atoms with E-state index >= 15 is 0 Å². The van der Waals surface area contributed by atoms with Gasteiger partial charge in [-0.15, -0.1) is 0 Å². The Morgan fingerprint density at radius 2 is 1.62 bits per heavy atom. The smallest absolute Gasteiger partial charge is 0.303 e. The van der Waals surface area contributed by atoms with Crippen LogP contribution in [0.5, 0.6) is 5.75 Å². The van der Waals surface area contributed by atoms with E-state index in [1.165, 1.54) is 35.4 Å². The Morgan fingerprint density at radius 3 is 2.29 bits per heavy atom. The number of carboxylic acid groups (broad SMARTS) is 1. The van der Waals surface area contributed by atoms with E-state index in [9.17, 15) is 14.0 Å². The van der Waals surface area contributed by atoms with Crippen molar-refractivity contribution in [2.24, 2.45) is 0 Å². The average Bonchev–Trinajstić information content (AvgIpc) is 3.40. The van der Waals surface area contributed by atoms with Crippen LogP contribution in [0.15, 0.2) is 115 Å². The summed E-state index contributed by atoms with van der Waals surface area (Å²) in [5.41, 5.74) is 5.24. The Bertz CT molecular complexity index is 1690. The zero-order valence-electron chi connectivity index (χ0n) is 23.2. The second kappa shape index (κ2) is 13.0. The summed E-state index contributed by atoms with van der Waals surface area (Å²) >= 11 is 0. The number of nitrogens with zero attached hydrogens (tertiary/aromatic N) is 1. The lowest BCUT2D eigenvalue weighted by Gasteiger charge is -2.21. The first-order chi connectivity index (χ1) is 20.4. The molecular formula is C35H31FN2O4. The summed E-state index contributed by atoms with van der Waals surface area (Å²) in [7, 11) is 0. The number of benzene rings is 4. The van der Waals surface area contributed by atoms with Crippen LogP contribution in [-0.2, 0) is 9.59 Å². The van der Waals surface area contributed by atoms with Gasteiger partial charge in [0.25, 0.3) is 0 Å². The van der Waals surface area contributed by atoms with Crippen LogP contribution in [0.25, 0.3) is 16.5 Å². The standard InChI is InChI=1S/C35H31FN2O4/c1-24(21-33(39)37-30-23-29(36)15-17-32(30)42-20-8-13-34(40)41)27-14-16-31-28(22-27)18-19-38(31)35(25-9-4-2-5-10-25)26-11-6-3-7-12-26/h2-7,9-12,14-19,21-23,35H,8,13,20H2,1H3,(H,37,39)(H,40,41). The molecule has 0 aliphatic carbocycles. The van der Waals surface area contributed by atoms with Crippen molar-refractivity contribution in [1.29, 1.82) is 0 Å². The second-order valence-corrected chi connectivity index (χ2v) is 10.0. The maximum Gasteiger partial charge on any atom is 0.303 e. The van der Waals surface area contributed by atoms with E-state index in [4.69, 9.17) is 9.84 Å². The van der Waals surface area contributed by atoms with Crippen LogP contribution < -0.4 is 10.1 Å². The number of hydrogen-bond acceptors (Lipinski definition) is 3. The van der Waals surface area contributed by atoms with Gasteiger partial charge in [0.05, 0.1) is 18.3 Å². The molecule has 0 fully saturated rings. The van der Waals surface area contributed by atoms with E-state index in [1.807, 2.05) is 49.4 Å². The lowest BCUT2D eigenvalue weighted by Crippen LogP contribution is -2.11. The van der Waals surface area contributed by atoms with Gasteiger partial charge in [-0.3, -0.25) is 9.59 Å². The molecule has 5 rings (SSSR count). The fraction of sp³-hybridized carbons (Fsp3) is 0.143. The Balaban J connectivity index is 1.37. The molecule has 6 nitrogen and oxygen atoms in total. The molecule has 0 unspecified atom stereocenters. The summed E-state index contributed by atoms with van der Waals surface area (Å²) < 4.78 is 21.8. The van der Waals surface area contributed by atoms with Gasteiger partial charge < -0.3 is 19.7 Å². The van der Waals surface area contributed by atoms with Crippen molar-refractivity contribution < 1.29 is 23.8 Å².